The zero-order valence-corrected chi connectivity index (χ0v) is 36.3. The molecule has 0 N–H and O–H groups in total. The van der Waals surface area contributed by atoms with Crippen molar-refractivity contribution >= 4 is 54.4 Å². The zero-order valence-electron chi connectivity index (χ0n) is 36.3. The third kappa shape index (κ3) is 6.65. The van der Waals surface area contributed by atoms with Crippen molar-refractivity contribution < 1.29 is 4.42 Å². The predicted molar refractivity (Wildman–Crippen MR) is 278 cm³/mol. The molecule has 0 saturated carbocycles. The first-order chi connectivity index (χ1) is 33.2. The average Bonchev–Trinajstić information content (AvgIpc) is 3.78. The van der Waals surface area contributed by atoms with Crippen LogP contribution in [0.3, 0.4) is 0 Å². The van der Waals surface area contributed by atoms with E-state index in [-0.39, 0.29) is 0 Å². The van der Waals surface area contributed by atoms with Crippen LogP contribution < -0.4 is 0 Å². The van der Waals surface area contributed by atoms with Crippen LogP contribution in [0, 0.1) is 0 Å². The lowest BCUT2D eigenvalue weighted by molar-refractivity contribution is 0.669. The Labute approximate surface area is 387 Å². The number of hydrogen-bond acceptors (Lipinski definition) is 4. The molecule has 0 aliphatic rings. The Balaban J connectivity index is 1.00. The standard InChI is InChI=1S/C63H39N3O/c1-4-17-40(18-5-1)41-31-33-42(34-32-41)55-39-56(66-63(65-55)44-21-8-3-9-22-44)50-36-35-47(48-25-10-11-26-49(48)50)45-23-16-24-46(37-45)59-60-51-27-12-14-29-54(51)64-62(43-19-6-2-7-20-43)53(60)38-58-61(59)52-28-13-15-30-57(52)67-58/h1-39H. The van der Waals surface area contributed by atoms with Crippen LogP contribution in [0.15, 0.2) is 241 Å². The highest BCUT2D eigenvalue weighted by Crippen LogP contribution is 2.47. The molecule has 3 aromatic heterocycles. The molecular formula is C63H39N3O. The van der Waals surface area contributed by atoms with E-state index in [1.54, 1.807) is 0 Å². The normalized spacial score (nSPS) is 11.6. The summed E-state index contributed by atoms with van der Waals surface area (Å²) in [6, 6.07) is 83.3. The van der Waals surface area contributed by atoms with Crippen LogP contribution >= 0.6 is 0 Å². The number of furan rings is 1. The smallest absolute Gasteiger partial charge is 0.160 e. The van der Waals surface area contributed by atoms with Gasteiger partial charge in [0.25, 0.3) is 0 Å². The topological polar surface area (TPSA) is 51.8 Å². The van der Waals surface area contributed by atoms with Crippen molar-refractivity contribution in [2.45, 2.75) is 0 Å². The number of nitrogens with zero attached hydrogens (tertiary/aromatic N) is 3. The van der Waals surface area contributed by atoms with E-state index in [1.807, 2.05) is 30.3 Å². The van der Waals surface area contributed by atoms with Gasteiger partial charge in [0.05, 0.1) is 22.6 Å². The van der Waals surface area contributed by atoms with Crippen molar-refractivity contribution in [3.05, 3.63) is 237 Å². The molecule has 0 aliphatic heterocycles. The van der Waals surface area contributed by atoms with Gasteiger partial charge in [-0.15, -0.1) is 0 Å². The van der Waals surface area contributed by atoms with Crippen molar-refractivity contribution in [1.29, 1.82) is 0 Å². The quantitative estimate of drug-likeness (QED) is 0.150. The highest BCUT2D eigenvalue weighted by Gasteiger charge is 2.23. The van der Waals surface area contributed by atoms with Crippen LogP contribution in [-0.2, 0) is 0 Å². The summed E-state index contributed by atoms with van der Waals surface area (Å²) >= 11 is 0. The summed E-state index contributed by atoms with van der Waals surface area (Å²) in [7, 11) is 0. The van der Waals surface area contributed by atoms with Crippen molar-refractivity contribution in [2.75, 3.05) is 0 Å². The molecule has 0 fully saturated rings. The first-order valence-corrected chi connectivity index (χ1v) is 22.7. The summed E-state index contributed by atoms with van der Waals surface area (Å²) in [5, 5.41) is 7.76. The molecule has 3 heterocycles. The largest absolute Gasteiger partial charge is 0.456 e. The molecule has 0 bridgehead atoms. The van der Waals surface area contributed by atoms with Crippen molar-refractivity contribution in [3.63, 3.8) is 0 Å². The van der Waals surface area contributed by atoms with Crippen LogP contribution in [0.25, 0.3) is 133 Å². The van der Waals surface area contributed by atoms with Crippen LogP contribution in [0.1, 0.15) is 0 Å². The predicted octanol–water partition coefficient (Wildman–Crippen LogP) is 16.9. The molecule has 0 atom stereocenters. The average molecular weight is 854 g/mol. The maximum absolute atomic E-state index is 6.71. The van der Waals surface area contributed by atoms with Crippen LogP contribution in [0.2, 0.25) is 0 Å². The molecule has 13 rings (SSSR count). The summed E-state index contributed by atoms with van der Waals surface area (Å²) in [5.74, 6) is 0.687. The first-order valence-electron chi connectivity index (χ1n) is 22.7. The number of fused-ring (bicyclic) bond motifs is 7. The molecule has 10 aromatic carbocycles. The van der Waals surface area contributed by atoms with Crippen molar-refractivity contribution in [1.82, 2.24) is 15.0 Å². The minimum absolute atomic E-state index is 0.687. The molecule has 0 aliphatic carbocycles. The lowest BCUT2D eigenvalue weighted by Gasteiger charge is -2.17. The molecule has 0 spiro atoms. The first kappa shape index (κ1) is 38.5. The second-order valence-electron chi connectivity index (χ2n) is 17.0. The lowest BCUT2D eigenvalue weighted by Crippen LogP contribution is -1.97. The molecule has 0 amide bonds. The third-order valence-electron chi connectivity index (χ3n) is 13.1. The maximum atomic E-state index is 6.71. The molecule has 0 radical (unpaired) electrons. The summed E-state index contributed by atoms with van der Waals surface area (Å²) < 4.78 is 6.71. The van der Waals surface area contributed by atoms with Gasteiger partial charge in [0, 0.05) is 54.7 Å². The Morgan fingerprint density at radius 2 is 0.836 bits per heavy atom. The summed E-state index contributed by atoms with van der Waals surface area (Å²) in [4.78, 5) is 15.8. The molecule has 0 saturated heterocycles. The number of para-hydroxylation sites is 2. The van der Waals surface area contributed by atoms with Gasteiger partial charge < -0.3 is 4.42 Å². The molecular weight excluding hydrogens is 815 g/mol. The van der Waals surface area contributed by atoms with Crippen LogP contribution in [0.5, 0.6) is 0 Å². The van der Waals surface area contributed by atoms with Crippen LogP contribution in [-0.4, -0.2) is 15.0 Å². The van der Waals surface area contributed by atoms with Gasteiger partial charge in [-0.2, -0.15) is 0 Å². The van der Waals surface area contributed by atoms with Crippen molar-refractivity contribution in [2.24, 2.45) is 0 Å². The fourth-order valence-electron chi connectivity index (χ4n) is 9.95. The van der Waals surface area contributed by atoms with E-state index in [0.717, 1.165) is 122 Å². The van der Waals surface area contributed by atoms with E-state index in [4.69, 9.17) is 19.4 Å². The second-order valence-corrected chi connectivity index (χ2v) is 17.0. The molecule has 4 heteroatoms. The van der Waals surface area contributed by atoms with E-state index in [9.17, 15) is 0 Å². The molecule has 13 aromatic rings. The minimum atomic E-state index is 0.687. The van der Waals surface area contributed by atoms with Crippen molar-refractivity contribution in [3.8, 4) is 78.5 Å². The molecule has 4 nitrogen and oxygen atoms in total. The van der Waals surface area contributed by atoms with E-state index >= 15 is 0 Å². The fraction of sp³-hybridized carbons (Fsp3) is 0. The summed E-state index contributed by atoms with van der Waals surface area (Å²) in [6.07, 6.45) is 0. The van der Waals surface area contributed by atoms with Gasteiger partial charge in [-0.05, 0) is 68.9 Å². The van der Waals surface area contributed by atoms with E-state index in [0.29, 0.717) is 5.82 Å². The second kappa shape index (κ2) is 15.9. The number of aromatic nitrogens is 3. The van der Waals surface area contributed by atoms with E-state index in [1.165, 1.54) is 5.56 Å². The van der Waals surface area contributed by atoms with Gasteiger partial charge in [0.15, 0.2) is 5.82 Å². The number of pyridine rings is 1. The zero-order chi connectivity index (χ0) is 44.3. The minimum Gasteiger partial charge on any atom is -0.456 e. The van der Waals surface area contributed by atoms with Crippen LogP contribution in [0.4, 0.5) is 0 Å². The number of hydrogen-bond donors (Lipinski definition) is 0. The monoisotopic (exact) mass is 853 g/mol. The van der Waals surface area contributed by atoms with Gasteiger partial charge in [-0.25, -0.2) is 15.0 Å². The van der Waals surface area contributed by atoms with Gasteiger partial charge in [0.1, 0.15) is 11.2 Å². The fourth-order valence-corrected chi connectivity index (χ4v) is 9.95. The third-order valence-corrected chi connectivity index (χ3v) is 13.1. The number of rotatable bonds is 7. The Hall–Kier alpha value is -8.99. The summed E-state index contributed by atoms with van der Waals surface area (Å²) in [6.45, 7) is 0. The summed E-state index contributed by atoms with van der Waals surface area (Å²) in [5.41, 5.74) is 16.3. The number of benzene rings is 10. The highest BCUT2D eigenvalue weighted by atomic mass is 16.3. The highest BCUT2D eigenvalue weighted by molar-refractivity contribution is 6.28. The van der Waals surface area contributed by atoms with E-state index in [2.05, 4.69) is 206 Å². The maximum Gasteiger partial charge on any atom is 0.160 e. The Morgan fingerprint density at radius 1 is 0.284 bits per heavy atom. The van der Waals surface area contributed by atoms with Gasteiger partial charge in [-0.3, -0.25) is 0 Å². The Bertz CT molecular complexity index is 4010. The molecule has 312 valence electrons. The molecule has 0 unspecified atom stereocenters. The lowest BCUT2D eigenvalue weighted by atomic mass is 9.87. The molecule has 67 heavy (non-hydrogen) atoms. The van der Waals surface area contributed by atoms with Gasteiger partial charge in [-0.1, -0.05) is 206 Å². The van der Waals surface area contributed by atoms with Gasteiger partial charge in [0.2, 0.25) is 0 Å². The van der Waals surface area contributed by atoms with Gasteiger partial charge >= 0.3 is 0 Å². The Kier molecular flexibility index (Phi) is 9.14. The van der Waals surface area contributed by atoms with E-state index < -0.39 is 0 Å². The Morgan fingerprint density at radius 3 is 1.60 bits per heavy atom. The SMILES string of the molecule is c1ccc(-c2ccc(-c3cc(-c4ccc(-c5cccc(-c6c7c(cc8c(-c9ccccc9)nc9ccccc9c68)oc6ccccc67)c5)c5ccccc45)nc(-c4ccccc4)n3)cc2)cc1.